The topological polar surface area (TPSA) is 111 Å². The number of piperidine rings is 1. The van der Waals surface area contributed by atoms with Crippen molar-refractivity contribution in [2.75, 3.05) is 24.2 Å². The Kier molecular flexibility index (Phi) is 7.08. The van der Waals surface area contributed by atoms with Crippen LogP contribution in [0.15, 0.2) is 30.5 Å². The molecule has 3 atom stereocenters. The number of pyridine rings is 2. The van der Waals surface area contributed by atoms with Crippen molar-refractivity contribution in [1.82, 2.24) is 30.4 Å². The fraction of sp³-hybridized carbons (Fsp3) is 0.500. The molecular weight excluding hydrogens is 416 g/mol. The molecule has 0 spiro atoms. The summed E-state index contributed by atoms with van der Waals surface area (Å²) < 4.78 is 0. The standard InChI is InChI=1S/C24H34N8O/c1-5-17-11-16(12-18(6-2)32(17)14-23(33)25-4)27-24-19-8-7-9-26-20(19)13-21(29-24)28-22-10-15(3)30-31-22/h7-10,13,16-18H,5-6,11-12,14H2,1-4H3,(H,25,33)(H3,27,28,29,30,31)/t16-,17-,18+. The van der Waals surface area contributed by atoms with Crippen molar-refractivity contribution >= 4 is 34.3 Å². The van der Waals surface area contributed by atoms with E-state index in [2.05, 4.69) is 55.9 Å². The number of hydrogen-bond donors (Lipinski definition) is 4. The van der Waals surface area contributed by atoms with Gasteiger partial charge in [0.15, 0.2) is 5.82 Å². The zero-order chi connectivity index (χ0) is 23.4. The predicted molar refractivity (Wildman–Crippen MR) is 132 cm³/mol. The number of aromatic amines is 1. The molecule has 3 aromatic heterocycles. The molecule has 1 aliphatic rings. The number of aryl methyl sites for hydroxylation is 1. The van der Waals surface area contributed by atoms with Crippen LogP contribution < -0.4 is 16.0 Å². The second-order valence-electron chi connectivity index (χ2n) is 8.77. The molecule has 4 N–H and O–H groups in total. The number of likely N-dealkylation sites (N-methyl/N-ethyl adjacent to an activating group) is 1. The Bertz CT molecular complexity index is 1080. The van der Waals surface area contributed by atoms with Gasteiger partial charge in [0.05, 0.1) is 12.1 Å². The quantitative estimate of drug-likeness (QED) is 0.415. The fourth-order valence-electron chi connectivity index (χ4n) is 4.80. The van der Waals surface area contributed by atoms with Crippen LogP contribution in [0.3, 0.4) is 0 Å². The van der Waals surface area contributed by atoms with E-state index in [1.807, 2.05) is 25.1 Å². The summed E-state index contributed by atoms with van der Waals surface area (Å²) >= 11 is 0. The summed E-state index contributed by atoms with van der Waals surface area (Å²) in [7, 11) is 1.70. The minimum absolute atomic E-state index is 0.0735. The zero-order valence-electron chi connectivity index (χ0n) is 19.9. The molecule has 9 heteroatoms. The van der Waals surface area contributed by atoms with Crippen molar-refractivity contribution in [3.8, 4) is 0 Å². The average molecular weight is 451 g/mol. The van der Waals surface area contributed by atoms with Crippen LogP contribution in [0.4, 0.5) is 17.5 Å². The number of carbonyl (C=O) groups excluding carboxylic acids is 1. The van der Waals surface area contributed by atoms with Crippen LogP contribution in [0.2, 0.25) is 0 Å². The summed E-state index contributed by atoms with van der Waals surface area (Å²) in [6.45, 7) is 6.81. The van der Waals surface area contributed by atoms with Crippen molar-refractivity contribution in [2.45, 2.75) is 64.6 Å². The SMILES string of the molecule is CC[C@@H]1C[C@@H](Nc2nc(Nc3cc(C)[nH]n3)cc3ncccc23)C[C@H](CC)N1CC(=O)NC. The molecule has 1 saturated heterocycles. The molecular formula is C24H34N8O. The number of rotatable bonds is 8. The van der Waals surface area contributed by atoms with Crippen LogP contribution in [0.5, 0.6) is 0 Å². The second-order valence-corrected chi connectivity index (χ2v) is 8.77. The van der Waals surface area contributed by atoms with Crippen molar-refractivity contribution in [3.63, 3.8) is 0 Å². The first-order valence-electron chi connectivity index (χ1n) is 11.8. The minimum atomic E-state index is 0.0735. The Morgan fingerprint density at radius 1 is 1.18 bits per heavy atom. The molecule has 4 heterocycles. The zero-order valence-corrected chi connectivity index (χ0v) is 19.9. The second kappa shape index (κ2) is 10.2. The Hall–Kier alpha value is -3.20. The van der Waals surface area contributed by atoms with E-state index in [-0.39, 0.29) is 11.9 Å². The van der Waals surface area contributed by atoms with E-state index in [9.17, 15) is 4.79 Å². The lowest BCUT2D eigenvalue weighted by Crippen LogP contribution is -2.54. The van der Waals surface area contributed by atoms with E-state index < -0.39 is 0 Å². The molecule has 0 saturated carbocycles. The Morgan fingerprint density at radius 2 is 1.94 bits per heavy atom. The van der Waals surface area contributed by atoms with Gasteiger partial charge in [-0.25, -0.2) is 4.98 Å². The van der Waals surface area contributed by atoms with Gasteiger partial charge in [-0.2, -0.15) is 5.10 Å². The van der Waals surface area contributed by atoms with Gasteiger partial charge in [-0.05, 0) is 44.7 Å². The van der Waals surface area contributed by atoms with Crippen molar-refractivity contribution in [2.24, 2.45) is 0 Å². The Morgan fingerprint density at radius 3 is 2.58 bits per heavy atom. The summed E-state index contributed by atoms with van der Waals surface area (Å²) in [6, 6.07) is 8.83. The molecule has 0 radical (unpaired) electrons. The molecule has 1 aliphatic heterocycles. The Balaban J connectivity index is 1.59. The van der Waals surface area contributed by atoms with E-state index in [1.54, 1.807) is 13.2 Å². The molecule has 1 amide bonds. The van der Waals surface area contributed by atoms with Gasteiger partial charge >= 0.3 is 0 Å². The molecule has 0 bridgehead atoms. The molecule has 1 fully saturated rings. The number of nitrogens with zero attached hydrogens (tertiary/aromatic N) is 4. The number of anilines is 3. The maximum absolute atomic E-state index is 12.1. The molecule has 0 aromatic carbocycles. The lowest BCUT2D eigenvalue weighted by Gasteiger charge is -2.45. The minimum Gasteiger partial charge on any atom is -0.367 e. The van der Waals surface area contributed by atoms with Crippen LogP contribution in [0.1, 0.15) is 45.2 Å². The van der Waals surface area contributed by atoms with Gasteiger partial charge in [0.25, 0.3) is 0 Å². The van der Waals surface area contributed by atoms with Gasteiger partial charge in [0, 0.05) is 54.6 Å². The van der Waals surface area contributed by atoms with Gasteiger partial charge < -0.3 is 16.0 Å². The number of carbonyl (C=O) groups is 1. The van der Waals surface area contributed by atoms with Gasteiger partial charge in [0.2, 0.25) is 5.91 Å². The lowest BCUT2D eigenvalue weighted by molar-refractivity contribution is -0.123. The molecule has 9 nitrogen and oxygen atoms in total. The monoisotopic (exact) mass is 450 g/mol. The molecule has 4 rings (SSSR count). The molecule has 33 heavy (non-hydrogen) atoms. The third-order valence-electron chi connectivity index (χ3n) is 6.50. The molecule has 3 aromatic rings. The van der Waals surface area contributed by atoms with Gasteiger partial charge in [-0.1, -0.05) is 13.8 Å². The van der Waals surface area contributed by atoms with E-state index in [4.69, 9.17) is 4.98 Å². The number of H-pyrrole nitrogens is 1. The van der Waals surface area contributed by atoms with Gasteiger partial charge in [-0.15, -0.1) is 0 Å². The maximum Gasteiger partial charge on any atom is 0.233 e. The summed E-state index contributed by atoms with van der Waals surface area (Å²) in [5.41, 5.74) is 1.86. The average Bonchev–Trinajstić information content (AvgIpc) is 3.23. The fourth-order valence-corrected chi connectivity index (χ4v) is 4.80. The third kappa shape index (κ3) is 5.24. The number of likely N-dealkylation sites (tertiary alicyclic amines) is 1. The molecule has 176 valence electrons. The normalized spacial score (nSPS) is 21.2. The van der Waals surface area contributed by atoms with E-state index in [1.165, 1.54) is 0 Å². The maximum atomic E-state index is 12.1. The van der Waals surface area contributed by atoms with Crippen LogP contribution in [-0.2, 0) is 4.79 Å². The first-order chi connectivity index (χ1) is 16.0. The summed E-state index contributed by atoms with van der Waals surface area (Å²) in [4.78, 5) is 23.9. The first kappa shape index (κ1) is 23.0. The van der Waals surface area contributed by atoms with E-state index >= 15 is 0 Å². The number of aromatic nitrogens is 4. The third-order valence-corrected chi connectivity index (χ3v) is 6.50. The first-order valence-corrected chi connectivity index (χ1v) is 11.8. The van der Waals surface area contributed by atoms with Crippen molar-refractivity contribution in [1.29, 1.82) is 0 Å². The largest absolute Gasteiger partial charge is 0.367 e. The highest BCUT2D eigenvalue weighted by Crippen LogP contribution is 2.31. The summed E-state index contributed by atoms with van der Waals surface area (Å²) in [6.07, 6.45) is 5.72. The van der Waals surface area contributed by atoms with Gasteiger partial charge in [-0.3, -0.25) is 19.8 Å². The number of fused-ring (bicyclic) bond motifs is 1. The van der Waals surface area contributed by atoms with E-state index in [0.29, 0.717) is 24.4 Å². The Labute approximate surface area is 194 Å². The lowest BCUT2D eigenvalue weighted by atomic mass is 9.88. The van der Waals surface area contributed by atoms with Gasteiger partial charge in [0.1, 0.15) is 11.6 Å². The van der Waals surface area contributed by atoms with Crippen LogP contribution in [0.25, 0.3) is 10.9 Å². The van der Waals surface area contributed by atoms with E-state index in [0.717, 1.165) is 53.9 Å². The molecule has 0 aliphatic carbocycles. The number of nitrogens with one attached hydrogen (secondary N) is 4. The predicted octanol–water partition coefficient (Wildman–Crippen LogP) is 3.58. The highest BCUT2D eigenvalue weighted by molar-refractivity contribution is 5.91. The van der Waals surface area contributed by atoms with Crippen LogP contribution in [-0.4, -0.2) is 62.7 Å². The summed E-state index contributed by atoms with van der Waals surface area (Å²) in [5, 5.41) is 18.0. The smallest absolute Gasteiger partial charge is 0.233 e. The van der Waals surface area contributed by atoms with Crippen LogP contribution in [0, 0.1) is 6.92 Å². The van der Waals surface area contributed by atoms with Crippen molar-refractivity contribution < 1.29 is 4.79 Å². The highest BCUT2D eigenvalue weighted by atomic mass is 16.1. The highest BCUT2D eigenvalue weighted by Gasteiger charge is 2.35. The number of amides is 1. The number of hydrogen-bond acceptors (Lipinski definition) is 7. The van der Waals surface area contributed by atoms with Crippen LogP contribution >= 0.6 is 0 Å². The van der Waals surface area contributed by atoms with Crippen molar-refractivity contribution in [3.05, 3.63) is 36.2 Å². The molecule has 0 unspecified atom stereocenters. The summed E-state index contributed by atoms with van der Waals surface area (Å²) in [5.74, 6) is 2.32.